The van der Waals surface area contributed by atoms with E-state index in [1.54, 1.807) is 0 Å². The van der Waals surface area contributed by atoms with Crippen LogP contribution in [-0.2, 0) is 6.42 Å². The molecule has 108 valence electrons. The van der Waals surface area contributed by atoms with Crippen LogP contribution in [0.4, 0.5) is 0 Å². The van der Waals surface area contributed by atoms with Gasteiger partial charge in [0.2, 0.25) is 0 Å². The fourth-order valence-electron chi connectivity index (χ4n) is 2.43. The van der Waals surface area contributed by atoms with E-state index in [0.717, 1.165) is 19.4 Å². The lowest BCUT2D eigenvalue weighted by Crippen LogP contribution is -2.27. The van der Waals surface area contributed by atoms with Crippen LogP contribution >= 0.6 is 11.3 Å². The van der Waals surface area contributed by atoms with Crippen LogP contribution in [0.1, 0.15) is 43.7 Å². The van der Waals surface area contributed by atoms with Gasteiger partial charge in [0.05, 0.1) is 0 Å². The first-order valence-corrected chi connectivity index (χ1v) is 8.23. The van der Waals surface area contributed by atoms with E-state index in [9.17, 15) is 0 Å². The van der Waals surface area contributed by atoms with Gasteiger partial charge in [0.15, 0.2) is 0 Å². The Kier molecular flexibility index (Phi) is 5.38. The van der Waals surface area contributed by atoms with Crippen LogP contribution in [0.3, 0.4) is 0 Å². The van der Waals surface area contributed by atoms with E-state index in [0.29, 0.717) is 11.5 Å². The highest BCUT2D eigenvalue weighted by molar-refractivity contribution is 7.09. The molecular formula is C18H25NS. The zero-order valence-electron chi connectivity index (χ0n) is 12.7. The van der Waals surface area contributed by atoms with E-state index in [1.165, 1.54) is 10.4 Å². The molecule has 0 bridgehead atoms. The van der Waals surface area contributed by atoms with Crippen molar-refractivity contribution < 1.29 is 0 Å². The largest absolute Gasteiger partial charge is 0.310 e. The highest BCUT2D eigenvalue weighted by Gasteiger charge is 2.19. The molecule has 20 heavy (non-hydrogen) atoms. The number of thiophene rings is 1. The van der Waals surface area contributed by atoms with E-state index in [4.69, 9.17) is 0 Å². The van der Waals surface area contributed by atoms with Crippen LogP contribution in [0.25, 0.3) is 0 Å². The zero-order chi connectivity index (χ0) is 14.4. The fourth-order valence-corrected chi connectivity index (χ4v) is 3.14. The quantitative estimate of drug-likeness (QED) is 0.783. The van der Waals surface area contributed by atoms with E-state index in [2.05, 4.69) is 73.9 Å². The monoisotopic (exact) mass is 287 g/mol. The van der Waals surface area contributed by atoms with Crippen molar-refractivity contribution in [1.29, 1.82) is 0 Å². The predicted octanol–water partition coefficient (Wildman–Crippen LogP) is 5.06. The van der Waals surface area contributed by atoms with Gasteiger partial charge in [-0.3, -0.25) is 0 Å². The molecule has 0 saturated heterocycles. The lowest BCUT2D eigenvalue weighted by molar-refractivity contribution is 0.312. The van der Waals surface area contributed by atoms with E-state index in [1.807, 2.05) is 11.3 Å². The van der Waals surface area contributed by atoms with Gasteiger partial charge in [0.1, 0.15) is 0 Å². The molecule has 1 unspecified atom stereocenters. The third-order valence-corrected chi connectivity index (χ3v) is 4.30. The van der Waals surface area contributed by atoms with Crippen LogP contribution in [-0.4, -0.2) is 6.54 Å². The van der Waals surface area contributed by atoms with Gasteiger partial charge in [-0.2, -0.15) is 0 Å². The first-order chi connectivity index (χ1) is 9.54. The summed E-state index contributed by atoms with van der Waals surface area (Å²) in [6, 6.07) is 15.6. The van der Waals surface area contributed by atoms with Crippen molar-refractivity contribution in [2.24, 2.45) is 5.41 Å². The zero-order valence-corrected chi connectivity index (χ0v) is 13.5. The van der Waals surface area contributed by atoms with Crippen molar-refractivity contribution in [3.8, 4) is 0 Å². The molecule has 2 aromatic rings. The number of hydrogen-bond donors (Lipinski definition) is 1. The van der Waals surface area contributed by atoms with Gasteiger partial charge in [-0.05, 0) is 35.3 Å². The Hall–Kier alpha value is -1.12. The number of rotatable bonds is 6. The third kappa shape index (κ3) is 5.10. The summed E-state index contributed by atoms with van der Waals surface area (Å²) in [6.07, 6.45) is 2.27. The fraction of sp³-hybridized carbons (Fsp3) is 0.444. The molecule has 1 nitrogen and oxygen atoms in total. The van der Waals surface area contributed by atoms with Gasteiger partial charge < -0.3 is 5.32 Å². The Morgan fingerprint density at radius 3 is 2.40 bits per heavy atom. The molecule has 0 aliphatic heterocycles. The molecule has 0 saturated carbocycles. The van der Waals surface area contributed by atoms with Crippen molar-refractivity contribution >= 4 is 11.3 Å². The van der Waals surface area contributed by atoms with E-state index < -0.39 is 0 Å². The molecule has 1 atom stereocenters. The molecule has 0 aliphatic rings. The number of benzene rings is 1. The molecule has 1 heterocycles. The first kappa shape index (κ1) is 15.3. The lowest BCUT2D eigenvalue weighted by Gasteiger charge is -2.27. The molecule has 2 rings (SSSR count). The smallest absolute Gasteiger partial charge is 0.0325 e. The second-order valence-electron chi connectivity index (χ2n) is 6.51. The van der Waals surface area contributed by atoms with Gasteiger partial charge in [-0.15, -0.1) is 11.3 Å². The van der Waals surface area contributed by atoms with Crippen molar-refractivity contribution in [1.82, 2.24) is 5.32 Å². The predicted molar refractivity (Wildman–Crippen MR) is 89.3 cm³/mol. The van der Waals surface area contributed by atoms with E-state index >= 15 is 0 Å². The standard InChI is InChI=1S/C18H25NS/c1-18(2,3)14-17(15-8-5-4-6-9-15)19-12-11-16-10-7-13-20-16/h4-10,13,17,19H,11-12,14H2,1-3H3. The van der Waals surface area contributed by atoms with Crippen LogP contribution in [0.15, 0.2) is 47.8 Å². The maximum atomic E-state index is 3.74. The first-order valence-electron chi connectivity index (χ1n) is 7.35. The van der Waals surface area contributed by atoms with Crippen LogP contribution in [0.5, 0.6) is 0 Å². The average molecular weight is 287 g/mol. The second-order valence-corrected chi connectivity index (χ2v) is 7.54. The summed E-state index contributed by atoms with van der Waals surface area (Å²) in [6.45, 7) is 7.97. The van der Waals surface area contributed by atoms with Crippen molar-refractivity contribution in [2.45, 2.75) is 39.7 Å². The molecule has 0 amide bonds. The molecule has 0 fully saturated rings. The Morgan fingerprint density at radius 1 is 1.05 bits per heavy atom. The molecule has 2 heteroatoms. The summed E-state index contributed by atoms with van der Waals surface area (Å²) >= 11 is 1.84. The normalized spacial score (nSPS) is 13.3. The summed E-state index contributed by atoms with van der Waals surface area (Å²) < 4.78 is 0. The van der Waals surface area contributed by atoms with Crippen LogP contribution < -0.4 is 5.32 Å². The van der Waals surface area contributed by atoms with Crippen molar-refractivity contribution in [2.75, 3.05) is 6.54 Å². The SMILES string of the molecule is CC(C)(C)CC(NCCc1cccs1)c1ccccc1. The van der Waals surface area contributed by atoms with Gasteiger partial charge in [0, 0.05) is 17.5 Å². The summed E-state index contributed by atoms with van der Waals surface area (Å²) in [5, 5.41) is 5.89. The van der Waals surface area contributed by atoms with Gasteiger partial charge in [0.25, 0.3) is 0 Å². The molecule has 1 aromatic carbocycles. The molecule has 0 aliphatic carbocycles. The minimum absolute atomic E-state index is 0.330. The third-order valence-electron chi connectivity index (χ3n) is 3.36. The minimum atomic E-state index is 0.330. The molecule has 0 radical (unpaired) electrons. The molecule has 0 spiro atoms. The number of nitrogens with one attached hydrogen (secondary N) is 1. The summed E-state index contributed by atoms with van der Waals surface area (Å²) in [5.74, 6) is 0. The summed E-state index contributed by atoms with van der Waals surface area (Å²) in [7, 11) is 0. The Balaban J connectivity index is 1.96. The topological polar surface area (TPSA) is 12.0 Å². The highest BCUT2D eigenvalue weighted by atomic mass is 32.1. The average Bonchev–Trinajstić information content (AvgIpc) is 2.90. The van der Waals surface area contributed by atoms with Gasteiger partial charge >= 0.3 is 0 Å². The lowest BCUT2D eigenvalue weighted by atomic mass is 9.85. The van der Waals surface area contributed by atoms with Crippen LogP contribution in [0.2, 0.25) is 0 Å². The summed E-state index contributed by atoms with van der Waals surface area (Å²) in [4.78, 5) is 1.46. The Morgan fingerprint density at radius 2 is 1.80 bits per heavy atom. The second kappa shape index (κ2) is 7.05. The number of hydrogen-bond acceptors (Lipinski definition) is 2. The molecule has 1 N–H and O–H groups in total. The van der Waals surface area contributed by atoms with Gasteiger partial charge in [-0.1, -0.05) is 57.2 Å². The minimum Gasteiger partial charge on any atom is -0.310 e. The maximum absolute atomic E-state index is 3.74. The molecule has 1 aromatic heterocycles. The molecular weight excluding hydrogens is 262 g/mol. The Labute approximate surface area is 127 Å². The van der Waals surface area contributed by atoms with Crippen molar-refractivity contribution in [3.05, 3.63) is 58.3 Å². The highest BCUT2D eigenvalue weighted by Crippen LogP contribution is 2.29. The van der Waals surface area contributed by atoms with E-state index in [-0.39, 0.29) is 0 Å². The van der Waals surface area contributed by atoms with Crippen LogP contribution in [0, 0.1) is 5.41 Å². The van der Waals surface area contributed by atoms with Gasteiger partial charge in [-0.25, -0.2) is 0 Å². The summed E-state index contributed by atoms with van der Waals surface area (Å²) in [5.41, 5.74) is 1.73. The maximum Gasteiger partial charge on any atom is 0.0325 e. The van der Waals surface area contributed by atoms with Crippen molar-refractivity contribution in [3.63, 3.8) is 0 Å². The Bertz CT molecular complexity index is 482.